The van der Waals surface area contributed by atoms with E-state index in [1.165, 1.54) is 4.57 Å². The van der Waals surface area contributed by atoms with Gasteiger partial charge in [-0.15, -0.1) is 0 Å². The van der Waals surface area contributed by atoms with E-state index in [9.17, 15) is 14.7 Å². The van der Waals surface area contributed by atoms with Crippen LogP contribution in [0.4, 0.5) is 0 Å². The second kappa shape index (κ2) is 10.1. The van der Waals surface area contributed by atoms with Crippen molar-refractivity contribution in [1.82, 2.24) is 9.55 Å². The third-order valence-electron chi connectivity index (χ3n) is 5.06. The highest BCUT2D eigenvalue weighted by Gasteiger charge is 2.14. The van der Waals surface area contributed by atoms with Crippen LogP contribution in [0.25, 0.3) is 6.08 Å². The molecule has 31 heavy (non-hydrogen) atoms. The lowest BCUT2D eigenvalue weighted by molar-refractivity contribution is 0.0944. The second-order valence-corrected chi connectivity index (χ2v) is 7.63. The molecule has 2 aromatic carbocycles. The van der Waals surface area contributed by atoms with Crippen molar-refractivity contribution in [3.05, 3.63) is 103 Å². The maximum atomic E-state index is 12.6. The molecule has 0 aliphatic rings. The van der Waals surface area contributed by atoms with Crippen LogP contribution >= 0.6 is 0 Å². The number of nitrogens with zero attached hydrogens (tertiary/aromatic N) is 1. The number of nitrogens with one attached hydrogen (secondary N) is 1. The molecule has 1 heterocycles. The summed E-state index contributed by atoms with van der Waals surface area (Å²) in [7, 11) is 0. The molecule has 0 unspecified atom stereocenters. The Labute approximate surface area is 181 Å². The molecule has 0 bridgehead atoms. The van der Waals surface area contributed by atoms with Gasteiger partial charge in [0.05, 0.1) is 6.61 Å². The standard InChI is InChI=1S/C25H28N2O4/c1-4-22-23(15-20-13-17(2)12-18(3)14-20)27(25(30)26-24(22)29)16-31-11-5-6-19-7-9-21(28)10-8-19/h5-10,12-14,28H,4,11,15-16H2,1-3H3,(H,26,29,30)/b6-5+. The summed E-state index contributed by atoms with van der Waals surface area (Å²) in [5.74, 6) is 0.217. The highest BCUT2D eigenvalue weighted by molar-refractivity contribution is 5.50. The first kappa shape index (κ1) is 22.3. The highest BCUT2D eigenvalue weighted by Crippen LogP contribution is 2.15. The van der Waals surface area contributed by atoms with Gasteiger partial charge in [0.15, 0.2) is 0 Å². The van der Waals surface area contributed by atoms with Gasteiger partial charge in [0.1, 0.15) is 12.5 Å². The van der Waals surface area contributed by atoms with Crippen LogP contribution in [0.15, 0.2) is 58.1 Å². The number of hydrogen-bond donors (Lipinski definition) is 2. The first-order valence-corrected chi connectivity index (χ1v) is 10.3. The molecule has 162 valence electrons. The van der Waals surface area contributed by atoms with Gasteiger partial charge in [-0.1, -0.05) is 60.5 Å². The molecule has 0 amide bonds. The molecular weight excluding hydrogens is 392 g/mol. The molecule has 0 saturated carbocycles. The van der Waals surface area contributed by atoms with E-state index >= 15 is 0 Å². The molecule has 2 N–H and O–H groups in total. The van der Waals surface area contributed by atoms with Gasteiger partial charge in [0.25, 0.3) is 5.56 Å². The van der Waals surface area contributed by atoms with Gasteiger partial charge in [-0.05, 0) is 43.5 Å². The van der Waals surface area contributed by atoms with Gasteiger partial charge in [0.2, 0.25) is 0 Å². The summed E-state index contributed by atoms with van der Waals surface area (Å²) < 4.78 is 7.22. The summed E-state index contributed by atoms with van der Waals surface area (Å²) in [6.45, 7) is 6.32. The zero-order valence-corrected chi connectivity index (χ0v) is 18.1. The van der Waals surface area contributed by atoms with Crippen LogP contribution < -0.4 is 11.2 Å². The molecular formula is C25H28N2O4. The van der Waals surface area contributed by atoms with E-state index in [0.29, 0.717) is 30.7 Å². The molecule has 3 rings (SSSR count). The lowest BCUT2D eigenvalue weighted by atomic mass is 10.0. The van der Waals surface area contributed by atoms with Crippen molar-refractivity contribution in [3.8, 4) is 5.75 Å². The number of H-pyrrole nitrogens is 1. The number of benzene rings is 2. The van der Waals surface area contributed by atoms with E-state index in [2.05, 4.69) is 23.2 Å². The third kappa shape index (κ3) is 5.83. The smallest absolute Gasteiger partial charge is 0.330 e. The largest absolute Gasteiger partial charge is 0.508 e. The van der Waals surface area contributed by atoms with Crippen molar-refractivity contribution < 1.29 is 9.84 Å². The first-order chi connectivity index (χ1) is 14.9. The Morgan fingerprint density at radius 1 is 1.06 bits per heavy atom. The van der Waals surface area contributed by atoms with Gasteiger partial charge in [-0.3, -0.25) is 14.3 Å². The van der Waals surface area contributed by atoms with Crippen LogP contribution in [0.5, 0.6) is 5.75 Å². The monoisotopic (exact) mass is 420 g/mol. The Morgan fingerprint density at radius 3 is 2.39 bits per heavy atom. The molecule has 3 aromatic rings. The Balaban J connectivity index is 1.81. The van der Waals surface area contributed by atoms with Gasteiger partial charge >= 0.3 is 5.69 Å². The van der Waals surface area contributed by atoms with E-state index in [1.807, 2.05) is 32.9 Å². The number of phenolic OH excluding ortho intramolecular Hbond substituents is 1. The molecule has 0 aliphatic carbocycles. The van der Waals surface area contributed by atoms with Gasteiger partial charge < -0.3 is 9.84 Å². The fraction of sp³-hybridized carbons (Fsp3) is 0.280. The Morgan fingerprint density at radius 2 is 1.74 bits per heavy atom. The predicted molar refractivity (Wildman–Crippen MR) is 123 cm³/mol. The van der Waals surface area contributed by atoms with Crippen molar-refractivity contribution in [2.45, 2.75) is 40.3 Å². The van der Waals surface area contributed by atoms with Gasteiger partial charge in [-0.2, -0.15) is 0 Å². The van der Waals surface area contributed by atoms with Crippen LogP contribution in [0.1, 0.15) is 40.4 Å². The van der Waals surface area contributed by atoms with E-state index < -0.39 is 5.69 Å². The number of ether oxygens (including phenoxy) is 1. The van der Waals surface area contributed by atoms with Crippen molar-refractivity contribution in [2.24, 2.45) is 0 Å². The maximum Gasteiger partial charge on any atom is 0.330 e. The van der Waals surface area contributed by atoms with Gasteiger partial charge in [0, 0.05) is 17.7 Å². The number of phenols is 1. The molecule has 0 spiro atoms. The summed E-state index contributed by atoms with van der Waals surface area (Å²) in [6, 6.07) is 13.1. The number of aromatic nitrogens is 2. The molecule has 6 nitrogen and oxygen atoms in total. The zero-order chi connectivity index (χ0) is 22.4. The minimum atomic E-state index is -0.468. The number of aromatic hydroxyl groups is 1. The van der Waals surface area contributed by atoms with Crippen LogP contribution in [0.2, 0.25) is 0 Å². The maximum absolute atomic E-state index is 12.6. The summed E-state index contributed by atoms with van der Waals surface area (Å²) in [6.07, 6.45) is 4.73. The van der Waals surface area contributed by atoms with Crippen LogP contribution in [-0.4, -0.2) is 21.3 Å². The fourth-order valence-corrected chi connectivity index (χ4v) is 3.71. The number of rotatable bonds is 8. The van der Waals surface area contributed by atoms with Crippen molar-refractivity contribution >= 4 is 6.08 Å². The van der Waals surface area contributed by atoms with Crippen LogP contribution in [0.3, 0.4) is 0 Å². The summed E-state index contributed by atoms with van der Waals surface area (Å²) >= 11 is 0. The summed E-state index contributed by atoms with van der Waals surface area (Å²) in [5, 5.41) is 9.34. The Bertz CT molecular complexity index is 1170. The summed E-state index contributed by atoms with van der Waals surface area (Å²) in [5.41, 5.74) is 4.75. The zero-order valence-electron chi connectivity index (χ0n) is 18.1. The van der Waals surface area contributed by atoms with Crippen LogP contribution in [0, 0.1) is 13.8 Å². The predicted octanol–water partition coefficient (Wildman–Crippen LogP) is 3.70. The quantitative estimate of drug-likeness (QED) is 0.544. The second-order valence-electron chi connectivity index (χ2n) is 7.63. The normalized spacial score (nSPS) is 11.3. The minimum Gasteiger partial charge on any atom is -0.508 e. The van der Waals surface area contributed by atoms with E-state index in [4.69, 9.17) is 4.74 Å². The van der Waals surface area contributed by atoms with Crippen molar-refractivity contribution in [2.75, 3.05) is 6.61 Å². The van der Waals surface area contributed by atoms with Crippen molar-refractivity contribution in [1.29, 1.82) is 0 Å². The number of aromatic amines is 1. The molecule has 0 aliphatic heterocycles. The average molecular weight is 421 g/mol. The SMILES string of the molecule is CCc1c(Cc2cc(C)cc(C)c2)n(COC/C=C/c2ccc(O)cc2)c(=O)[nH]c1=O. The lowest BCUT2D eigenvalue weighted by Crippen LogP contribution is -2.36. The molecule has 0 saturated heterocycles. The fourth-order valence-electron chi connectivity index (χ4n) is 3.71. The Hall–Kier alpha value is -3.38. The molecule has 0 atom stereocenters. The van der Waals surface area contributed by atoms with Crippen molar-refractivity contribution in [3.63, 3.8) is 0 Å². The molecule has 0 radical (unpaired) electrons. The number of hydrogen-bond acceptors (Lipinski definition) is 4. The third-order valence-corrected chi connectivity index (χ3v) is 5.06. The topological polar surface area (TPSA) is 84.3 Å². The van der Waals surface area contributed by atoms with Gasteiger partial charge in [-0.25, -0.2) is 4.79 Å². The van der Waals surface area contributed by atoms with E-state index in [-0.39, 0.29) is 18.0 Å². The van der Waals surface area contributed by atoms with E-state index in [0.717, 1.165) is 22.3 Å². The Kier molecular flexibility index (Phi) is 7.26. The average Bonchev–Trinajstić information content (AvgIpc) is 2.70. The molecule has 0 fully saturated rings. The van der Waals surface area contributed by atoms with E-state index in [1.54, 1.807) is 24.3 Å². The van der Waals surface area contributed by atoms with Crippen LogP contribution in [-0.2, 0) is 24.3 Å². The molecule has 6 heteroatoms. The first-order valence-electron chi connectivity index (χ1n) is 10.3. The minimum absolute atomic E-state index is 0.0443. The number of aryl methyl sites for hydroxylation is 2. The summed E-state index contributed by atoms with van der Waals surface area (Å²) in [4.78, 5) is 27.4. The molecule has 1 aromatic heterocycles. The lowest BCUT2D eigenvalue weighted by Gasteiger charge is -2.16. The highest BCUT2D eigenvalue weighted by atomic mass is 16.5.